The molecule has 2 aromatic heterocycles. The van der Waals surface area contributed by atoms with Gasteiger partial charge in [-0.05, 0) is 59.1 Å². The number of carbonyl (C=O) groups is 1. The van der Waals surface area contributed by atoms with Gasteiger partial charge in [0.05, 0.1) is 11.3 Å². The molecule has 1 aliphatic rings. The summed E-state index contributed by atoms with van der Waals surface area (Å²) >= 11 is 0. The highest BCUT2D eigenvalue weighted by molar-refractivity contribution is 5.94. The van der Waals surface area contributed by atoms with Crippen LogP contribution in [0.15, 0.2) is 22.6 Å². The fourth-order valence-corrected chi connectivity index (χ4v) is 4.13. The van der Waals surface area contributed by atoms with Crippen molar-refractivity contribution in [2.45, 2.75) is 47.5 Å². The Morgan fingerprint density at radius 3 is 2.72 bits per heavy atom. The molecular weight excluding hydrogens is 364 g/mol. The van der Waals surface area contributed by atoms with Gasteiger partial charge in [-0.25, -0.2) is 4.98 Å². The second-order valence-corrected chi connectivity index (χ2v) is 8.15. The van der Waals surface area contributed by atoms with Crippen molar-refractivity contribution in [2.24, 2.45) is 5.92 Å². The largest absolute Gasteiger partial charge is 0.443 e. The molecule has 1 aromatic carbocycles. The van der Waals surface area contributed by atoms with Crippen LogP contribution in [0.2, 0.25) is 0 Å². The zero-order valence-corrected chi connectivity index (χ0v) is 17.8. The van der Waals surface area contributed by atoms with E-state index in [-0.39, 0.29) is 11.8 Å². The maximum atomic E-state index is 13.0. The zero-order valence-electron chi connectivity index (χ0n) is 17.8. The number of anilines is 2. The van der Waals surface area contributed by atoms with Gasteiger partial charge >= 0.3 is 0 Å². The number of amides is 1. The summed E-state index contributed by atoms with van der Waals surface area (Å²) < 4.78 is 5.83. The summed E-state index contributed by atoms with van der Waals surface area (Å²) in [6.45, 7) is 11.5. The number of fused-ring (bicyclic) bond motifs is 1. The molecule has 1 atom stereocenters. The number of carbonyl (C=O) groups excluding carboxylic acids is 1. The highest BCUT2D eigenvalue weighted by Gasteiger charge is 2.29. The summed E-state index contributed by atoms with van der Waals surface area (Å²) in [6, 6.07) is 6.10. The molecule has 4 rings (SSSR count). The summed E-state index contributed by atoms with van der Waals surface area (Å²) in [5, 5.41) is 4.09. The molecule has 6 nitrogen and oxygen atoms in total. The standard InChI is InChI=1S/C23H28N4O2/c1-13-8-9-19(14(2)11-13)26-22(28)18-7-6-10-27(12-18)21-20-15(3)16(4)29-23(20)25-17(5)24-21/h8-9,11,18H,6-7,10,12H2,1-5H3,(H,26,28)/t18-/m1/s1. The van der Waals surface area contributed by atoms with Crippen LogP contribution < -0.4 is 10.2 Å². The molecule has 3 aromatic rings. The van der Waals surface area contributed by atoms with E-state index in [0.29, 0.717) is 18.1 Å². The number of piperidine rings is 1. The maximum Gasteiger partial charge on any atom is 0.231 e. The second kappa shape index (κ2) is 7.50. The quantitative estimate of drug-likeness (QED) is 0.704. The molecule has 1 aliphatic heterocycles. The van der Waals surface area contributed by atoms with Crippen molar-refractivity contribution in [3.63, 3.8) is 0 Å². The van der Waals surface area contributed by atoms with Crippen molar-refractivity contribution < 1.29 is 9.21 Å². The lowest BCUT2D eigenvalue weighted by atomic mass is 9.96. The van der Waals surface area contributed by atoms with Crippen molar-refractivity contribution in [1.82, 2.24) is 9.97 Å². The summed E-state index contributed by atoms with van der Waals surface area (Å²) in [4.78, 5) is 24.4. The van der Waals surface area contributed by atoms with Gasteiger partial charge in [-0.2, -0.15) is 4.98 Å². The fourth-order valence-electron chi connectivity index (χ4n) is 4.13. The third-order valence-corrected chi connectivity index (χ3v) is 5.85. The Kier molecular flexibility index (Phi) is 5.03. The Bertz CT molecular complexity index is 1090. The van der Waals surface area contributed by atoms with Gasteiger partial charge in [-0.3, -0.25) is 4.79 Å². The fraction of sp³-hybridized carbons (Fsp3) is 0.435. The average Bonchev–Trinajstić information content (AvgIpc) is 2.97. The SMILES string of the molecule is Cc1ccc(NC(=O)[C@@H]2CCCN(c3nc(C)nc4oc(C)c(C)c34)C2)c(C)c1. The van der Waals surface area contributed by atoms with E-state index in [2.05, 4.69) is 28.2 Å². The number of aryl methyl sites for hydroxylation is 5. The van der Waals surface area contributed by atoms with Crippen molar-refractivity contribution in [3.05, 3.63) is 46.5 Å². The van der Waals surface area contributed by atoms with Crippen LogP contribution in [0.4, 0.5) is 11.5 Å². The number of hydrogen-bond donors (Lipinski definition) is 1. The molecule has 0 saturated carbocycles. The Labute approximate surface area is 171 Å². The van der Waals surface area contributed by atoms with Crippen LogP contribution in [-0.2, 0) is 4.79 Å². The van der Waals surface area contributed by atoms with Gasteiger partial charge in [-0.1, -0.05) is 17.7 Å². The smallest absolute Gasteiger partial charge is 0.231 e. The zero-order chi connectivity index (χ0) is 20.7. The van der Waals surface area contributed by atoms with Crippen molar-refractivity contribution in [2.75, 3.05) is 23.3 Å². The van der Waals surface area contributed by atoms with E-state index < -0.39 is 0 Å². The molecule has 0 bridgehead atoms. The van der Waals surface area contributed by atoms with Gasteiger partial charge in [0.15, 0.2) is 0 Å². The Morgan fingerprint density at radius 2 is 1.97 bits per heavy atom. The van der Waals surface area contributed by atoms with E-state index in [1.807, 2.05) is 39.8 Å². The molecule has 0 unspecified atom stereocenters. The van der Waals surface area contributed by atoms with Crippen molar-refractivity contribution in [1.29, 1.82) is 0 Å². The summed E-state index contributed by atoms with van der Waals surface area (Å²) in [5.41, 5.74) is 4.86. The normalized spacial score (nSPS) is 17.0. The van der Waals surface area contributed by atoms with Crippen molar-refractivity contribution >= 4 is 28.5 Å². The van der Waals surface area contributed by atoms with Crippen LogP contribution in [0, 0.1) is 40.5 Å². The lowest BCUT2D eigenvalue weighted by Crippen LogP contribution is -2.41. The van der Waals surface area contributed by atoms with Crippen molar-refractivity contribution in [3.8, 4) is 0 Å². The molecule has 0 spiro atoms. The van der Waals surface area contributed by atoms with E-state index in [1.165, 1.54) is 5.56 Å². The first-order valence-electron chi connectivity index (χ1n) is 10.2. The predicted molar refractivity (Wildman–Crippen MR) is 115 cm³/mol. The lowest BCUT2D eigenvalue weighted by Gasteiger charge is -2.33. The molecule has 6 heteroatoms. The lowest BCUT2D eigenvalue weighted by molar-refractivity contribution is -0.120. The minimum absolute atomic E-state index is 0.0729. The Hall–Kier alpha value is -2.89. The minimum Gasteiger partial charge on any atom is -0.443 e. The first-order chi connectivity index (χ1) is 13.8. The average molecular weight is 393 g/mol. The van der Waals surface area contributed by atoms with Gasteiger partial charge < -0.3 is 14.6 Å². The van der Waals surface area contributed by atoms with E-state index >= 15 is 0 Å². The summed E-state index contributed by atoms with van der Waals surface area (Å²) in [5.74, 6) is 2.42. The Morgan fingerprint density at radius 1 is 1.17 bits per heavy atom. The van der Waals surface area contributed by atoms with Gasteiger partial charge in [0.25, 0.3) is 0 Å². The number of benzene rings is 1. The third kappa shape index (κ3) is 3.71. The second-order valence-electron chi connectivity index (χ2n) is 8.15. The number of rotatable bonds is 3. The molecule has 152 valence electrons. The molecule has 0 aliphatic carbocycles. The molecular formula is C23H28N4O2. The maximum absolute atomic E-state index is 13.0. The van der Waals surface area contributed by atoms with Crippen LogP contribution in [0.3, 0.4) is 0 Å². The Balaban J connectivity index is 1.59. The van der Waals surface area contributed by atoms with Crippen LogP contribution >= 0.6 is 0 Å². The first-order valence-corrected chi connectivity index (χ1v) is 10.2. The number of aromatic nitrogens is 2. The number of hydrogen-bond acceptors (Lipinski definition) is 5. The topological polar surface area (TPSA) is 71.3 Å². The molecule has 29 heavy (non-hydrogen) atoms. The van der Waals surface area contributed by atoms with Crippen LogP contribution in [0.5, 0.6) is 0 Å². The van der Waals surface area contributed by atoms with Gasteiger partial charge in [-0.15, -0.1) is 0 Å². The van der Waals surface area contributed by atoms with Gasteiger partial charge in [0, 0.05) is 24.3 Å². The minimum atomic E-state index is -0.0805. The molecule has 1 amide bonds. The number of nitrogens with zero attached hydrogens (tertiary/aromatic N) is 3. The van der Waals surface area contributed by atoms with Crippen LogP contribution in [0.25, 0.3) is 11.1 Å². The van der Waals surface area contributed by atoms with Gasteiger partial charge in [0.1, 0.15) is 17.4 Å². The summed E-state index contributed by atoms with van der Waals surface area (Å²) in [7, 11) is 0. The number of furan rings is 1. The predicted octanol–water partition coefficient (Wildman–Crippen LogP) is 4.62. The van der Waals surface area contributed by atoms with Crippen LogP contribution in [0.1, 0.15) is 41.1 Å². The number of nitrogens with one attached hydrogen (secondary N) is 1. The highest BCUT2D eigenvalue weighted by Crippen LogP contribution is 2.33. The van der Waals surface area contributed by atoms with Crippen LogP contribution in [-0.4, -0.2) is 29.0 Å². The third-order valence-electron chi connectivity index (χ3n) is 5.85. The van der Waals surface area contributed by atoms with E-state index in [0.717, 1.165) is 53.2 Å². The molecule has 1 fully saturated rings. The van der Waals surface area contributed by atoms with E-state index in [4.69, 9.17) is 9.40 Å². The molecule has 1 N–H and O–H groups in total. The highest BCUT2D eigenvalue weighted by atomic mass is 16.3. The molecule has 0 radical (unpaired) electrons. The molecule has 1 saturated heterocycles. The van der Waals surface area contributed by atoms with Gasteiger partial charge in [0.2, 0.25) is 11.6 Å². The first kappa shape index (κ1) is 19.4. The monoisotopic (exact) mass is 392 g/mol. The molecule has 3 heterocycles. The summed E-state index contributed by atoms with van der Waals surface area (Å²) in [6.07, 6.45) is 1.83. The van der Waals surface area contributed by atoms with E-state index in [1.54, 1.807) is 0 Å². The van der Waals surface area contributed by atoms with E-state index in [9.17, 15) is 4.79 Å².